The van der Waals surface area contributed by atoms with Crippen LogP contribution in [0.4, 0.5) is 11.5 Å². The summed E-state index contributed by atoms with van der Waals surface area (Å²) in [7, 11) is 0. The van der Waals surface area contributed by atoms with Crippen molar-refractivity contribution in [3.8, 4) is 11.3 Å². The Morgan fingerprint density at radius 2 is 1.53 bits per heavy atom. The van der Waals surface area contributed by atoms with E-state index >= 15 is 0 Å². The van der Waals surface area contributed by atoms with E-state index in [-0.39, 0.29) is 11.9 Å². The van der Waals surface area contributed by atoms with Crippen LogP contribution in [0.5, 0.6) is 0 Å². The van der Waals surface area contributed by atoms with Gasteiger partial charge >= 0.3 is 0 Å². The fraction of sp³-hybridized carbons (Fsp3) is 0.148. The molecule has 0 saturated heterocycles. The van der Waals surface area contributed by atoms with E-state index in [1.807, 2.05) is 62.4 Å². The first-order chi connectivity index (χ1) is 15.5. The van der Waals surface area contributed by atoms with E-state index < -0.39 is 0 Å². The third-order valence-corrected chi connectivity index (χ3v) is 5.34. The van der Waals surface area contributed by atoms with Gasteiger partial charge in [-0.1, -0.05) is 65.7 Å². The minimum atomic E-state index is -0.121. The largest absolute Gasteiger partial charge is 0.346 e. The van der Waals surface area contributed by atoms with Gasteiger partial charge in [-0.3, -0.25) is 4.79 Å². The van der Waals surface area contributed by atoms with Crippen molar-refractivity contribution < 1.29 is 4.79 Å². The van der Waals surface area contributed by atoms with Crippen LogP contribution < -0.4 is 10.6 Å². The number of hydrogen-bond acceptors (Lipinski definition) is 4. The monoisotopic (exact) mass is 422 g/mol. The standard InChI is InChI=1S/C27H26N4O/c1-18-7-11-21(12-8-18)20(3)30-27(32)23-5-4-6-24(15-23)31-26-16-25(28-17-29-26)22-13-9-19(2)10-14-22/h4-17,20H,1-3H3,(H,30,32)(H,28,29,31)/t20-/m0/s1. The number of aryl methyl sites for hydroxylation is 2. The zero-order chi connectivity index (χ0) is 22.5. The number of nitrogens with one attached hydrogen (secondary N) is 2. The molecule has 5 nitrogen and oxygen atoms in total. The molecule has 2 N–H and O–H groups in total. The quantitative estimate of drug-likeness (QED) is 0.400. The summed E-state index contributed by atoms with van der Waals surface area (Å²) in [5.74, 6) is 0.547. The summed E-state index contributed by atoms with van der Waals surface area (Å²) in [6.07, 6.45) is 1.54. The molecule has 32 heavy (non-hydrogen) atoms. The molecule has 5 heteroatoms. The van der Waals surface area contributed by atoms with Gasteiger partial charge in [0.2, 0.25) is 0 Å². The number of anilines is 2. The minimum Gasteiger partial charge on any atom is -0.346 e. The lowest BCUT2D eigenvalue weighted by molar-refractivity contribution is 0.0940. The number of rotatable bonds is 6. The Balaban J connectivity index is 1.47. The van der Waals surface area contributed by atoms with Gasteiger partial charge in [-0.05, 0) is 44.5 Å². The molecule has 0 bridgehead atoms. The van der Waals surface area contributed by atoms with E-state index in [0.29, 0.717) is 11.4 Å². The lowest BCUT2D eigenvalue weighted by Gasteiger charge is -2.15. The van der Waals surface area contributed by atoms with Crippen LogP contribution in [-0.2, 0) is 0 Å². The number of amides is 1. The van der Waals surface area contributed by atoms with Crippen molar-refractivity contribution in [3.63, 3.8) is 0 Å². The van der Waals surface area contributed by atoms with Crippen molar-refractivity contribution in [1.29, 1.82) is 0 Å². The highest BCUT2D eigenvalue weighted by molar-refractivity contribution is 5.95. The molecule has 0 spiro atoms. The van der Waals surface area contributed by atoms with Crippen molar-refractivity contribution in [2.24, 2.45) is 0 Å². The summed E-state index contributed by atoms with van der Waals surface area (Å²) < 4.78 is 0. The average molecular weight is 423 g/mol. The summed E-state index contributed by atoms with van der Waals surface area (Å²) in [5.41, 5.74) is 6.70. The van der Waals surface area contributed by atoms with Gasteiger partial charge in [0.1, 0.15) is 12.1 Å². The predicted molar refractivity (Wildman–Crippen MR) is 129 cm³/mol. The van der Waals surface area contributed by atoms with Crippen LogP contribution in [0.15, 0.2) is 85.2 Å². The normalized spacial score (nSPS) is 11.6. The Morgan fingerprint density at radius 1 is 0.844 bits per heavy atom. The average Bonchev–Trinajstić information content (AvgIpc) is 2.80. The first kappa shape index (κ1) is 21.2. The summed E-state index contributed by atoms with van der Waals surface area (Å²) in [6, 6.07) is 25.6. The lowest BCUT2D eigenvalue weighted by atomic mass is 10.1. The van der Waals surface area contributed by atoms with E-state index in [1.54, 1.807) is 6.07 Å². The molecule has 1 heterocycles. The van der Waals surface area contributed by atoms with Crippen LogP contribution in [0, 0.1) is 13.8 Å². The number of benzene rings is 3. The molecule has 0 unspecified atom stereocenters. The Kier molecular flexibility index (Phi) is 6.26. The molecule has 1 aromatic heterocycles. The topological polar surface area (TPSA) is 66.9 Å². The maximum absolute atomic E-state index is 12.8. The molecule has 0 aliphatic heterocycles. The van der Waals surface area contributed by atoms with Gasteiger partial charge in [-0.25, -0.2) is 9.97 Å². The van der Waals surface area contributed by atoms with Crippen LogP contribution in [0.3, 0.4) is 0 Å². The maximum atomic E-state index is 12.8. The maximum Gasteiger partial charge on any atom is 0.251 e. The van der Waals surface area contributed by atoms with Gasteiger partial charge in [0.15, 0.2) is 0 Å². The number of carbonyl (C=O) groups is 1. The van der Waals surface area contributed by atoms with Gasteiger partial charge in [0.25, 0.3) is 5.91 Å². The predicted octanol–water partition coefficient (Wildman–Crippen LogP) is 6.00. The van der Waals surface area contributed by atoms with E-state index in [0.717, 1.165) is 22.5 Å². The number of carbonyl (C=O) groups excluding carboxylic acids is 1. The second-order valence-electron chi connectivity index (χ2n) is 7.97. The van der Waals surface area contributed by atoms with Crippen molar-refractivity contribution in [2.45, 2.75) is 26.8 Å². The Bertz CT molecular complexity index is 1220. The van der Waals surface area contributed by atoms with Crippen molar-refractivity contribution in [2.75, 3.05) is 5.32 Å². The smallest absolute Gasteiger partial charge is 0.251 e. The molecule has 0 fully saturated rings. The molecular formula is C27H26N4O. The van der Waals surface area contributed by atoms with Crippen molar-refractivity contribution in [1.82, 2.24) is 15.3 Å². The lowest BCUT2D eigenvalue weighted by Crippen LogP contribution is -2.26. The fourth-order valence-electron chi connectivity index (χ4n) is 3.41. The number of aromatic nitrogens is 2. The second-order valence-corrected chi connectivity index (χ2v) is 7.97. The molecule has 0 saturated carbocycles. The molecule has 0 radical (unpaired) electrons. The van der Waals surface area contributed by atoms with Crippen LogP contribution in [0.25, 0.3) is 11.3 Å². The van der Waals surface area contributed by atoms with Gasteiger partial charge in [-0.15, -0.1) is 0 Å². The van der Waals surface area contributed by atoms with E-state index in [4.69, 9.17) is 0 Å². The zero-order valence-electron chi connectivity index (χ0n) is 18.5. The van der Waals surface area contributed by atoms with Crippen LogP contribution in [0.2, 0.25) is 0 Å². The first-order valence-corrected chi connectivity index (χ1v) is 10.6. The van der Waals surface area contributed by atoms with Gasteiger partial charge in [0, 0.05) is 22.9 Å². The summed E-state index contributed by atoms with van der Waals surface area (Å²) >= 11 is 0. The molecule has 4 aromatic rings. The summed E-state index contributed by atoms with van der Waals surface area (Å²) in [5, 5.41) is 6.35. The zero-order valence-corrected chi connectivity index (χ0v) is 18.5. The fourth-order valence-corrected chi connectivity index (χ4v) is 3.41. The van der Waals surface area contributed by atoms with Gasteiger partial charge < -0.3 is 10.6 Å². The van der Waals surface area contributed by atoms with Crippen LogP contribution in [0.1, 0.15) is 40.0 Å². The third kappa shape index (κ3) is 5.19. The molecular weight excluding hydrogens is 396 g/mol. The van der Waals surface area contributed by atoms with E-state index in [9.17, 15) is 4.79 Å². The Morgan fingerprint density at radius 3 is 2.25 bits per heavy atom. The minimum absolute atomic E-state index is 0.0846. The SMILES string of the molecule is Cc1ccc(-c2cc(Nc3cccc(C(=O)N[C@@H](C)c4ccc(C)cc4)c3)ncn2)cc1. The van der Waals surface area contributed by atoms with Crippen LogP contribution in [-0.4, -0.2) is 15.9 Å². The van der Waals surface area contributed by atoms with Crippen molar-refractivity contribution >= 4 is 17.4 Å². The van der Waals surface area contributed by atoms with Gasteiger partial charge in [0.05, 0.1) is 11.7 Å². The molecule has 1 amide bonds. The highest BCUT2D eigenvalue weighted by Crippen LogP contribution is 2.22. The number of nitrogens with zero attached hydrogens (tertiary/aromatic N) is 2. The summed E-state index contributed by atoms with van der Waals surface area (Å²) in [4.78, 5) is 21.5. The van der Waals surface area contributed by atoms with Crippen molar-refractivity contribution in [3.05, 3.63) is 107 Å². The molecule has 1 atom stereocenters. The Labute approximate surface area is 188 Å². The third-order valence-electron chi connectivity index (χ3n) is 5.34. The Hall–Kier alpha value is -3.99. The molecule has 0 aliphatic rings. The summed E-state index contributed by atoms with van der Waals surface area (Å²) in [6.45, 7) is 6.09. The molecule has 0 aliphatic carbocycles. The molecule has 3 aromatic carbocycles. The second kappa shape index (κ2) is 9.43. The van der Waals surface area contributed by atoms with E-state index in [1.165, 1.54) is 17.5 Å². The molecule has 160 valence electrons. The first-order valence-electron chi connectivity index (χ1n) is 10.6. The highest BCUT2D eigenvalue weighted by Gasteiger charge is 2.12. The van der Waals surface area contributed by atoms with Crippen LogP contribution >= 0.6 is 0 Å². The van der Waals surface area contributed by atoms with E-state index in [2.05, 4.69) is 51.8 Å². The van der Waals surface area contributed by atoms with Gasteiger partial charge in [-0.2, -0.15) is 0 Å². The molecule has 4 rings (SSSR count). The number of hydrogen-bond donors (Lipinski definition) is 2. The highest BCUT2D eigenvalue weighted by atomic mass is 16.1.